The molecule has 1 amide bonds. The van der Waals surface area contributed by atoms with Crippen molar-refractivity contribution >= 4 is 22.9 Å². The zero-order chi connectivity index (χ0) is 16.4. The average Bonchev–Trinajstić information content (AvgIpc) is 3.31. The minimum atomic E-state index is 0.149. The van der Waals surface area contributed by atoms with Crippen molar-refractivity contribution in [3.05, 3.63) is 52.2 Å². The van der Waals surface area contributed by atoms with E-state index in [0.717, 1.165) is 28.0 Å². The highest BCUT2D eigenvalue weighted by molar-refractivity contribution is 7.10. The Hall–Kier alpha value is -2.05. The summed E-state index contributed by atoms with van der Waals surface area (Å²) in [5.74, 6) is 8.76. The molecule has 0 aliphatic heterocycles. The fourth-order valence-electron chi connectivity index (χ4n) is 4.23. The van der Waals surface area contributed by atoms with Crippen LogP contribution in [0.5, 0.6) is 0 Å². The molecule has 3 heteroatoms. The quantitative estimate of drug-likeness (QED) is 0.793. The molecule has 1 heterocycles. The lowest BCUT2D eigenvalue weighted by atomic mass is 9.86. The first-order valence-electron chi connectivity index (χ1n) is 8.72. The molecule has 0 radical (unpaired) electrons. The zero-order valence-corrected chi connectivity index (χ0v) is 14.4. The third-order valence-electron chi connectivity index (χ3n) is 5.33. The number of thiophene rings is 1. The van der Waals surface area contributed by atoms with Crippen LogP contribution in [-0.2, 0) is 4.79 Å². The molecule has 2 fully saturated rings. The second kappa shape index (κ2) is 6.83. The maximum atomic E-state index is 12.4. The van der Waals surface area contributed by atoms with Crippen molar-refractivity contribution in [2.75, 3.05) is 5.32 Å². The van der Waals surface area contributed by atoms with Gasteiger partial charge in [0.1, 0.15) is 0 Å². The summed E-state index contributed by atoms with van der Waals surface area (Å²) in [6, 6.07) is 11.8. The van der Waals surface area contributed by atoms with Crippen LogP contribution in [0.4, 0.5) is 5.69 Å². The van der Waals surface area contributed by atoms with Gasteiger partial charge in [0.05, 0.1) is 4.88 Å². The fraction of sp³-hybridized carbons (Fsp3) is 0.381. The van der Waals surface area contributed by atoms with Crippen LogP contribution in [-0.4, -0.2) is 5.91 Å². The van der Waals surface area contributed by atoms with Gasteiger partial charge >= 0.3 is 0 Å². The first kappa shape index (κ1) is 15.5. The first-order chi connectivity index (χ1) is 11.8. The molecule has 1 N–H and O–H groups in total. The van der Waals surface area contributed by atoms with Crippen molar-refractivity contribution in [3.8, 4) is 11.8 Å². The van der Waals surface area contributed by atoms with Gasteiger partial charge in [-0.25, -0.2) is 0 Å². The van der Waals surface area contributed by atoms with Crippen molar-refractivity contribution in [3.63, 3.8) is 0 Å². The monoisotopic (exact) mass is 335 g/mol. The van der Waals surface area contributed by atoms with E-state index in [2.05, 4.69) is 17.2 Å². The molecular weight excluding hydrogens is 314 g/mol. The van der Waals surface area contributed by atoms with Gasteiger partial charge in [-0.05, 0) is 66.7 Å². The summed E-state index contributed by atoms with van der Waals surface area (Å²) in [6.45, 7) is 0. The highest BCUT2D eigenvalue weighted by atomic mass is 32.1. The second-order valence-corrected chi connectivity index (χ2v) is 7.94. The number of carbonyl (C=O) groups excluding carboxylic acids is 1. The Labute approximate surface area is 147 Å². The lowest BCUT2D eigenvalue weighted by Crippen LogP contribution is -2.20. The molecular formula is C21H21NOS. The van der Waals surface area contributed by atoms with Gasteiger partial charge in [0.25, 0.3) is 0 Å². The number of anilines is 1. The average molecular weight is 335 g/mol. The molecule has 2 aliphatic rings. The van der Waals surface area contributed by atoms with Crippen LogP contribution in [0, 0.1) is 29.6 Å². The molecule has 1 aromatic heterocycles. The van der Waals surface area contributed by atoms with Gasteiger partial charge in [-0.3, -0.25) is 4.79 Å². The van der Waals surface area contributed by atoms with Crippen LogP contribution < -0.4 is 5.32 Å². The summed E-state index contributed by atoms with van der Waals surface area (Å²) in [7, 11) is 0. The minimum Gasteiger partial charge on any atom is -0.326 e. The van der Waals surface area contributed by atoms with Crippen LogP contribution >= 0.6 is 11.3 Å². The van der Waals surface area contributed by atoms with E-state index in [1.807, 2.05) is 41.8 Å². The molecule has 2 nitrogen and oxygen atoms in total. The van der Waals surface area contributed by atoms with Gasteiger partial charge in [-0.2, -0.15) is 0 Å². The number of carbonyl (C=O) groups is 1. The molecule has 1 aromatic carbocycles. The van der Waals surface area contributed by atoms with E-state index in [1.165, 1.54) is 25.7 Å². The predicted octanol–water partition coefficient (Wildman–Crippen LogP) is 4.91. The van der Waals surface area contributed by atoms with Crippen molar-refractivity contribution < 1.29 is 4.79 Å². The number of rotatable bonds is 3. The maximum absolute atomic E-state index is 12.4. The van der Waals surface area contributed by atoms with Gasteiger partial charge in [0, 0.05) is 17.7 Å². The lowest BCUT2D eigenvalue weighted by molar-refractivity contribution is -0.117. The molecule has 3 unspecified atom stereocenters. The molecule has 2 aliphatic carbocycles. The topological polar surface area (TPSA) is 29.1 Å². The van der Waals surface area contributed by atoms with Crippen LogP contribution in [0.3, 0.4) is 0 Å². The Bertz CT molecular complexity index is 784. The van der Waals surface area contributed by atoms with E-state index in [-0.39, 0.29) is 5.91 Å². The highest BCUT2D eigenvalue weighted by Crippen LogP contribution is 2.49. The Morgan fingerprint density at radius 1 is 1.17 bits per heavy atom. The Morgan fingerprint density at radius 3 is 2.88 bits per heavy atom. The van der Waals surface area contributed by atoms with Crippen molar-refractivity contribution in [1.82, 2.24) is 0 Å². The molecule has 3 atom stereocenters. The van der Waals surface area contributed by atoms with Gasteiger partial charge in [0.2, 0.25) is 5.91 Å². The second-order valence-electron chi connectivity index (χ2n) is 7.00. The predicted molar refractivity (Wildman–Crippen MR) is 98.9 cm³/mol. The summed E-state index contributed by atoms with van der Waals surface area (Å²) in [6.07, 6.45) is 5.99. The van der Waals surface area contributed by atoms with E-state index in [4.69, 9.17) is 0 Å². The van der Waals surface area contributed by atoms with E-state index < -0.39 is 0 Å². The fourth-order valence-corrected chi connectivity index (χ4v) is 4.81. The number of hydrogen-bond donors (Lipinski definition) is 1. The SMILES string of the molecule is O=C(CC1CC2CCC1C2)Nc1cccc(C#Cc2cccs2)c1. The van der Waals surface area contributed by atoms with E-state index in [1.54, 1.807) is 11.3 Å². The molecule has 0 saturated heterocycles. The first-order valence-corrected chi connectivity index (χ1v) is 9.59. The van der Waals surface area contributed by atoms with Gasteiger partial charge in [-0.1, -0.05) is 30.4 Å². The largest absolute Gasteiger partial charge is 0.326 e. The number of hydrogen-bond acceptors (Lipinski definition) is 2. The molecule has 122 valence electrons. The number of amides is 1. The van der Waals surface area contributed by atoms with Crippen LogP contribution in [0.25, 0.3) is 0 Å². The van der Waals surface area contributed by atoms with Crippen molar-refractivity contribution in [2.24, 2.45) is 17.8 Å². The molecule has 0 spiro atoms. The highest BCUT2D eigenvalue weighted by Gasteiger charge is 2.40. The number of nitrogens with one attached hydrogen (secondary N) is 1. The third-order valence-corrected chi connectivity index (χ3v) is 6.11. The molecule has 2 bridgehead atoms. The minimum absolute atomic E-state index is 0.149. The van der Waals surface area contributed by atoms with E-state index in [9.17, 15) is 4.79 Å². The molecule has 24 heavy (non-hydrogen) atoms. The van der Waals surface area contributed by atoms with Crippen LogP contribution in [0.1, 0.15) is 42.5 Å². The van der Waals surface area contributed by atoms with Crippen molar-refractivity contribution in [2.45, 2.75) is 32.1 Å². The van der Waals surface area contributed by atoms with Gasteiger partial charge in [0.15, 0.2) is 0 Å². The lowest BCUT2D eigenvalue weighted by Gasteiger charge is -2.20. The molecule has 4 rings (SSSR count). The van der Waals surface area contributed by atoms with Gasteiger partial charge < -0.3 is 5.32 Å². The smallest absolute Gasteiger partial charge is 0.224 e. The normalized spacial score (nSPS) is 24.4. The van der Waals surface area contributed by atoms with E-state index >= 15 is 0 Å². The van der Waals surface area contributed by atoms with Crippen molar-refractivity contribution in [1.29, 1.82) is 0 Å². The third kappa shape index (κ3) is 3.55. The molecule has 2 aromatic rings. The zero-order valence-electron chi connectivity index (χ0n) is 13.6. The summed E-state index contributed by atoms with van der Waals surface area (Å²) in [5.41, 5.74) is 1.78. The van der Waals surface area contributed by atoms with Crippen LogP contribution in [0.15, 0.2) is 41.8 Å². The summed E-state index contributed by atoms with van der Waals surface area (Å²) < 4.78 is 0. The number of benzene rings is 1. The summed E-state index contributed by atoms with van der Waals surface area (Å²) >= 11 is 1.64. The van der Waals surface area contributed by atoms with Crippen LogP contribution in [0.2, 0.25) is 0 Å². The van der Waals surface area contributed by atoms with Gasteiger partial charge in [-0.15, -0.1) is 11.3 Å². The summed E-state index contributed by atoms with van der Waals surface area (Å²) in [5, 5.41) is 5.08. The Morgan fingerprint density at radius 2 is 2.12 bits per heavy atom. The Kier molecular flexibility index (Phi) is 4.40. The van der Waals surface area contributed by atoms with E-state index in [0.29, 0.717) is 12.3 Å². The summed E-state index contributed by atoms with van der Waals surface area (Å²) in [4.78, 5) is 13.4. The Balaban J connectivity index is 1.37. The molecule has 2 saturated carbocycles. The maximum Gasteiger partial charge on any atom is 0.224 e. The number of fused-ring (bicyclic) bond motifs is 2. The standard InChI is InChI=1S/C21H21NOS/c23-21(14-18-12-16-6-8-17(18)11-16)22-19-4-1-3-15(13-19)7-9-20-5-2-10-24-20/h1-5,10,13,16-18H,6,8,11-12,14H2,(H,22,23).